The summed E-state index contributed by atoms with van der Waals surface area (Å²) in [5, 5.41) is 3.31. The molecule has 0 aliphatic heterocycles. The van der Waals surface area contributed by atoms with Crippen molar-refractivity contribution in [3.8, 4) is 0 Å². The summed E-state index contributed by atoms with van der Waals surface area (Å²) in [6, 6.07) is 18.6. The maximum absolute atomic E-state index is 14.9. The van der Waals surface area contributed by atoms with Gasteiger partial charge in [0.25, 0.3) is 10.0 Å². The predicted octanol–water partition coefficient (Wildman–Crippen LogP) is 5.01. The van der Waals surface area contributed by atoms with Gasteiger partial charge < -0.3 is 10.2 Å². The highest BCUT2D eigenvalue weighted by Gasteiger charge is 2.33. The standard InChI is InChI=1S/C28H31ClFN3O4S/c1-4-20(2)31-28(35)21(3)32(18-22-11-10-12-23(29)17-22)27(34)19-33(26-16-9-8-15-25(26)30)38(36,37)24-13-6-5-7-14-24/h5-17,20-21H,4,18-19H2,1-3H3,(H,31,35)/t20-,21+/m1/s1. The number of halogens is 2. The molecule has 0 bridgehead atoms. The van der Waals surface area contributed by atoms with E-state index in [1.165, 1.54) is 35.2 Å². The molecule has 3 aromatic rings. The Labute approximate surface area is 228 Å². The van der Waals surface area contributed by atoms with E-state index in [1.54, 1.807) is 49.4 Å². The SMILES string of the molecule is CC[C@@H](C)NC(=O)[C@H](C)N(Cc1cccc(Cl)c1)C(=O)CN(c1ccccc1F)S(=O)(=O)c1ccccc1. The van der Waals surface area contributed by atoms with Crippen molar-refractivity contribution >= 4 is 39.1 Å². The van der Waals surface area contributed by atoms with Crippen molar-refractivity contribution in [1.82, 2.24) is 10.2 Å². The largest absolute Gasteiger partial charge is 0.352 e. The van der Waals surface area contributed by atoms with Gasteiger partial charge in [0.1, 0.15) is 18.4 Å². The van der Waals surface area contributed by atoms with Gasteiger partial charge in [0.2, 0.25) is 11.8 Å². The summed E-state index contributed by atoms with van der Waals surface area (Å²) in [5.74, 6) is -1.87. The molecule has 0 saturated carbocycles. The topological polar surface area (TPSA) is 86.8 Å². The van der Waals surface area contributed by atoms with E-state index in [2.05, 4.69) is 5.32 Å². The number of nitrogens with zero attached hydrogens (tertiary/aromatic N) is 2. The molecule has 202 valence electrons. The zero-order chi connectivity index (χ0) is 27.9. The number of carbonyl (C=O) groups excluding carboxylic acids is 2. The molecule has 0 aliphatic rings. The van der Waals surface area contributed by atoms with Crippen LogP contribution in [0.25, 0.3) is 0 Å². The first-order valence-electron chi connectivity index (χ1n) is 12.2. The maximum atomic E-state index is 14.9. The third-order valence-corrected chi connectivity index (χ3v) is 8.15. The highest BCUT2D eigenvalue weighted by atomic mass is 35.5. The number of hydrogen-bond acceptors (Lipinski definition) is 4. The van der Waals surface area contributed by atoms with Crippen molar-refractivity contribution in [2.24, 2.45) is 0 Å². The van der Waals surface area contributed by atoms with E-state index in [4.69, 9.17) is 11.6 Å². The Morgan fingerprint density at radius 3 is 2.26 bits per heavy atom. The molecule has 7 nitrogen and oxygen atoms in total. The highest BCUT2D eigenvalue weighted by molar-refractivity contribution is 7.92. The van der Waals surface area contributed by atoms with Crippen molar-refractivity contribution in [3.05, 3.63) is 95.3 Å². The minimum atomic E-state index is -4.33. The smallest absolute Gasteiger partial charge is 0.264 e. The molecule has 0 fully saturated rings. The Morgan fingerprint density at radius 1 is 0.974 bits per heavy atom. The molecular formula is C28H31ClFN3O4S. The van der Waals surface area contributed by atoms with Crippen LogP contribution in [0.15, 0.2) is 83.8 Å². The Bertz CT molecular complexity index is 1370. The molecule has 0 aliphatic carbocycles. The molecule has 10 heteroatoms. The summed E-state index contributed by atoms with van der Waals surface area (Å²) in [7, 11) is -4.33. The molecule has 0 unspecified atom stereocenters. The number of benzene rings is 3. The van der Waals surface area contributed by atoms with Gasteiger partial charge in [0, 0.05) is 17.6 Å². The number of anilines is 1. The molecule has 38 heavy (non-hydrogen) atoms. The molecular weight excluding hydrogens is 529 g/mol. The number of carbonyl (C=O) groups is 2. The van der Waals surface area contributed by atoms with Gasteiger partial charge in [-0.2, -0.15) is 0 Å². The van der Waals surface area contributed by atoms with Crippen LogP contribution in [0.5, 0.6) is 0 Å². The molecule has 0 heterocycles. The lowest BCUT2D eigenvalue weighted by molar-refractivity contribution is -0.139. The third-order valence-electron chi connectivity index (χ3n) is 6.14. The molecule has 2 amide bonds. The molecule has 0 spiro atoms. The van der Waals surface area contributed by atoms with Crippen molar-refractivity contribution in [1.29, 1.82) is 0 Å². The summed E-state index contributed by atoms with van der Waals surface area (Å²) in [5.41, 5.74) is 0.376. The lowest BCUT2D eigenvalue weighted by Crippen LogP contribution is -2.52. The zero-order valence-electron chi connectivity index (χ0n) is 21.5. The van der Waals surface area contributed by atoms with E-state index >= 15 is 0 Å². The summed E-state index contributed by atoms with van der Waals surface area (Å²) in [4.78, 5) is 28.0. The predicted molar refractivity (Wildman–Crippen MR) is 147 cm³/mol. The average Bonchev–Trinajstić information content (AvgIpc) is 2.90. The van der Waals surface area contributed by atoms with Crippen LogP contribution in [0.1, 0.15) is 32.8 Å². The first-order valence-corrected chi connectivity index (χ1v) is 14.0. The minimum Gasteiger partial charge on any atom is -0.352 e. The van der Waals surface area contributed by atoms with Crippen LogP contribution in [0.4, 0.5) is 10.1 Å². The fraction of sp³-hybridized carbons (Fsp3) is 0.286. The van der Waals surface area contributed by atoms with Crippen molar-refractivity contribution < 1.29 is 22.4 Å². The zero-order valence-corrected chi connectivity index (χ0v) is 23.0. The van der Waals surface area contributed by atoms with E-state index in [0.717, 1.165) is 10.4 Å². The van der Waals surface area contributed by atoms with E-state index in [9.17, 15) is 22.4 Å². The monoisotopic (exact) mass is 559 g/mol. The second kappa shape index (κ2) is 12.9. The Morgan fingerprint density at radius 2 is 1.63 bits per heavy atom. The number of amides is 2. The molecule has 0 aromatic heterocycles. The van der Waals surface area contributed by atoms with Crippen LogP contribution in [0.2, 0.25) is 5.02 Å². The molecule has 3 rings (SSSR count). The average molecular weight is 560 g/mol. The molecule has 0 radical (unpaired) electrons. The number of rotatable bonds is 11. The van der Waals surface area contributed by atoms with Crippen molar-refractivity contribution in [2.45, 2.75) is 50.7 Å². The van der Waals surface area contributed by atoms with E-state index in [-0.39, 0.29) is 23.2 Å². The van der Waals surface area contributed by atoms with E-state index in [0.29, 0.717) is 17.0 Å². The van der Waals surface area contributed by atoms with Gasteiger partial charge in [-0.25, -0.2) is 12.8 Å². The van der Waals surface area contributed by atoms with Gasteiger partial charge in [0.05, 0.1) is 10.6 Å². The van der Waals surface area contributed by atoms with Gasteiger partial charge in [-0.05, 0) is 62.2 Å². The van der Waals surface area contributed by atoms with Crippen molar-refractivity contribution in [2.75, 3.05) is 10.8 Å². The van der Waals surface area contributed by atoms with Gasteiger partial charge in [-0.15, -0.1) is 0 Å². The fourth-order valence-corrected chi connectivity index (χ4v) is 5.42. The van der Waals surface area contributed by atoms with Crippen molar-refractivity contribution in [3.63, 3.8) is 0 Å². The summed E-state index contributed by atoms with van der Waals surface area (Å²) in [6.45, 7) is 4.61. The maximum Gasteiger partial charge on any atom is 0.264 e. The molecule has 2 atom stereocenters. The second-order valence-corrected chi connectivity index (χ2v) is 11.2. The Kier molecular flexibility index (Phi) is 9.88. The minimum absolute atomic E-state index is 0.00895. The Hall–Kier alpha value is -3.43. The lowest BCUT2D eigenvalue weighted by Gasteiger charge is -2.32. The first-order chi connectivity index (χ1) is 18.0. The number of hydrogen-bond donors (Lipinski definition) is 1. The van der Waals surface area contributed by atoms with Gasteiger partial charge in [-0.3, -0.25) is 13.9 Å². The fourth-order valence-electron chi connectivity index (χ4n) is 3.77. The molecule has 3 aromatic carbocycles. The normalized spacial score (nSPS) is 12.9. The first kappa shape index (κ1) is 29.1. The molecule has 0 saturated heterocycles. The number of para-hydroxylation sites is 1. The summed E-state index contributed by atoms with van der Waals surface area (Å²) < 4.78 is 42.9. The van der Waals surface area contributed by atoms with Crippen LogP contribution in [-0.2, 0) is 26.2 Å². The van der Waals surface area contributed by atoms with E-state index in [1.807, 2.05) is 13.8 Å². The second-order valence-electron chi connectivity index (χ2n) is 8.92. The van der Waals surface area contributed by atoms with E-state index < -0.39 is 40.2 Å². The van der Waals surface area contributed by atoms with Crippen LogP contribution in [-0.4, -0.2) is 43.8 Å². The number of nitrogens with one attached hydrogen (secondary N) is 1. The Balaban J connectivity index is 2.03. The molecule has 1 N–H and O–H groups in total. The van der Waals surface area contributed by atoms with Gasteiger partial charge in [0.15, 0.2) is 0 Å². The van der Waals surface area contributed by atoms with Crippen LogP contribution in [0, 0.1) is 5.82 Å². The van der Waals surface area contributed by atoms with Crippen LogP contribution < -0.4 is 9.62 Å². The highest BCUT2D eigenvalue weighted by Crippen LogP contribution is 2.27. The summed E-state index contributed by atoms with van der Waals surface area (Å²) in [6.07, 6.45) is 0.692. The van der Waals surface area contributed by atoms with Crippen LogP contribution in [0.3, 0.4) is 0 Å². The lowest BCUT2D eigenvalue weighted by atomic mass is 10.1. The summed E-state index contributed by atoms with van der Waals surface area (Å²) >= 11 is 6.14. The van der Waals surface area contributed by atoms with Crippen LogP contribution >= 0.6 is 11.6 Å². The van der Waals surface area contributed by atoms with Gasteiger partial charge in [-0.1, -0.05) is 61.0 Å². The van der Waals surface area contributed by atoms with Gasteiger partial charge >= 0.3 is 0 Å². The third kappa shape index (κ3) is 7.11. The number of sulfonamides is 1. The quantitative estimate of drug-likeness (QED) is 0.358.